The lowest BCUT2D eigenvalue weighted by Gasteiger charge is -2.22. The smallest absolute Gasteiger partial charge is 0.329 e. The van der Waals surface area contributed by atoms with Gasteiger partial charge < -0.3 is 24.6 Å². The topological polar surface area (TPSA) is 123 Å². The first-order valence-electron chi connectivity index (χ1n) is 5.64. The normalized spacial score (nSPS) is 18.6. The van der Waals surface area contributed by atoms with Gasteiger partial charge in [-0.25, -0.2) is 9.59 Å². The molecule has 1 aliphatic heterocycles. The molecule has 0 aromatic rings. The van der Waals surface area contributed by atoms with E-state index in [1.165, 1.54) is 0 Å². The molecule has 19 heavy (non-hydrogen) atoms. The van der Waals surface area contributed by atoms with Crippen LogP contribution in [0, 0.1) is 0 Å². The van der Waals surface area contributed by atoms with E-state index in [-0.39, 0.29) is 12.6 Å². The van der Waals surface area contributed by atoms with Gasteiger partial charge in [-0.3, -0.25) is 10.1 Å². The molecule has 1 unspecified atom stereocenters. The molecule has 108 valence electrons. The van der Waals surface area contributed by atoms with Gasteiger partial charge in [0, 0.05) is 6.54 Å². The van der Waals surface area contributed by atoms with Crippen molar-refractivity contribution >= 4 is 17.9 Å². The predicted molar refractivity (Wildman–Crippen MR) is 60.6 cm³/mol. The van der Waals surface area contributed by atoms with Gasteiger partial charge in [-0.1, -0.05) is 0 Å². The SMILES string of the molecule is O=C(O)COCC(=O)NC(=O)NCC1COCCO1. The van der Waals surface area contributed by atoms with Crippen molar-refractivity contribution < 1.29 is 33.7 Å². The molecule has 9 nitrogen and oxygen atoms in total. The molecule has 1 atom stereocenters. The zero-order chi connectivity index (χ0) is 14.1. The van der Waals surface area contributed by atoms with Crippen molar-refractivity contribution in [2.45, 2.75) is 6.10 Å². The van der Waals surface area contributed by atoms with Gasteiger partial charge in [-0.05, 0) is 0 Å². The number of hydrogen-bond donors (Lipinski definition) is 3. The number of urea groups is 1. The number of carboxylic acid groups (broad SMARTS) is 1. The summed E-state index contributed by atoms with van der Waals surface area (Å²) in [5.41, 5.74) is 0. The number of amides is 3. The lowest BCUT2D eigenvalue weighted by atomic mass is 10.3. The third kappa shape index (κ3) is 7.34. The Bertz CT molecular complexity index is 328. The fourth-order valence-corrected chi connectivity index (χ4v) is 1.30. The van der Waals surface area contributed by atoms with Crippen LogP contribution in [0.3, 0.4) is 0 Å². The second kappa shape index (κ2) is 8.40. The number of carbonyl (C=O) groups is 3. The van der Waals surface area contributed by atoms with E-state index >= 15 is 0 Å². The van der Waals surface area contributed by atoms with Crippen LogP contribution in [0.5, 0.6) is 0 Å². The average molecular weight is 276 g/mol. The molecule has 9 heteroatoms. The van der Waals surface area contributed by atoms with E-state index in [4.69, 9.17) is 14.6 Å². The zero-order valence-corrected chi connectivity index (χ0v) is 10.2. The van der Waals surface area contributed by atoms with Crippen LogP contribution >= 0.6 is 0 Å². The Labute approximate surface area is 109 Å². The fraction of sp³-hybridized carbons (Fsp3) is 0.700. The molecule has 1 fully saturated rings. The molecule has 1 saturated heterocycles. The Balaban J connectivity index is 2.08. The Morgan fingerprint density at radius 3 is 2.68 bits per heavy atom. The van der Waals surface area contributed by atoms with Crippen LogP contribution < -0.4 is 10.6 Å². The number of carboxylic acids is 1. The number of carbonyl (C=O) groups excluding carboxylic acids is 2. The first-order chi connectivity index (χ1) is 9.08. The maximum Gasteiger partial charge on any atom is 0.329 e. The van der Waals surface area contributed by atoms with Crippen molar-refractivity contribution in [1.29, 1.82) is 0 Å². The van der Waals surface area contributed by atoms with Gasteiger partial charge in [0.05, 0.1) is 25.9 Å². The van der Waals surface area contributed by atoms with Crippen LogP contribution in [-0.4, -0.2) is 68.7 Å². The van der Waals surface area contributed by atoms with Crippen molar-refractivity contribution in [2.24, 2.45) is 0 Å². The third-order valence-corrected chi connectivity index (χ3v) is 2.09. The molecule has 3 amide bonds. The number of imide groups is 1. The van der Waals surface area contributed by atoms with Gasteiger partial charge in [-0.15, -0.1) is 0 Å². The minimum absolute atomic E-state index is 0.217. The van der Waals surface area contributed by atoms with Crippen LogP contribution in [0.4, 0.5) is 4.79 Å². The van der Waals surface area contributed by atoms with E-state index in [1.807, 2.05) is 5.32 Å². The van der Waals surface area contributed by atoms with Crippen LogP contribution in [0.1, 0.15) is 0 Å². The van der Waals surface area contributed by atoms with Gasteiger partial charge in [0.1, 0.15) is 13.2 Å². The number of nitrogens with one attached hydrogen (secondary N) is 2. The summed E-state index contributed by atoms with van der Waals surface area (Å²) in [5, 5.41) is 12.7. The summed E-state index contributed by atoms with van der Waals surface area (Å²) in [6, 6.07) is -0.696. The van der Waals surface area contributed by atoms with E-state index < -0.39 is 31.1 Å². The highest BCUT2D eigenvalue weighted by Gasteiger charge is 2.16. The largest absolute Gasteiger partial charge is 0.480 e. The first-order valence-corrected chi connectivity index (χ1v) is 5.64. The minimum Gasteiger partial charge on any atom is -0.480 e. The summed E-state index contributed by atoms with van der Waals surface area (Å²) < 4.78 is 14.9. The van der Waals surface area contributed by atoms with E-state index in [0.29, 0.717) is 19.8 Å². The highest BCUT2D eigenvalue weighted by molar-refractivity contribution is 5.94. The zero-order valence-electron chi connectivity index (χ0n) is 10.2. The van der Waals surface area contributed by atoms with Crippen LogP contribution in [0.25, 0.3) is 0 Å². The summed E-state index contributed by atoms with van der Waals surface area (Å²) in [7, 11) is 0. The van der Waals surface area contributed by atoms with Gasteiger partial charge in [0.25, 0.3) is 5.91 Å². The molecule has 0 aromatic heterocycles. The molecule has 0 aromatic carbocycles. The minimum atomic E-state index is -1.19. The molecule has 0 saturated carbocycles. The van der Waals surface area contributed by atoms with E-state index in [0.717, 1.165) is 0 Å². The van der Waals surface area contributed by atoms with Crippen LogP contribution in [0.2, 0.25) is 0 Å². The van der Waals surface area contributed by atoms with Crippen molar-refractivity contribution in [3.8, 4) is 0 Å². The van der Waals surface area contributed by atoms with Gasteiger partial charge in [0.2, 0.25) is 0 Å². The molecular formula is C10H16N2O7. The standard InChI is InChI=1S/C10H16N2O7/c13-8(5-18-6-9(14)15)12-10(16)11-3-7-4-17-1-2-19-7/h7H,1-6H2,(H,14,15)(H2,11,12,13,16). The van der Waals surface area contributed by atoms with Crippen molar-refractivity contribution in [1.82, 2.24) is 10.6 Å². The Hall–Kier alpha value is -1.71. The van der Waals surface area contributed by atoms with Crippen molar-refractivity contribution in [2.75, 3.05) is 39.6 Å². The molecule has 0 spiro atoms. The monoisotopic (exact) mass is 276 g/mol. The summed E-state index contributed by atoms with van der Waals surface area (Å²) in [6.07, 6.45) is -0.238. The van der Waals surface area contributed by atoms with E-state index in [9.17, 15) is 14.4 Å². The maximum atomic E-state index is 11.3. The van der Waals surface area contributed by atoms with Gasteiger partial charge in [0.15, 0.2) is 0 Å². The second-order valence-corrected chi connectivity index (χ2v) is 3.71. The number of rotatable bonds is 6. The van der Waals surface area contributed by atoms with E-state index in [1.54, 1.807) is 0 Å². The molecule has 0 radical (unpaired) electrons. The molecule has 1 rings (SSSR count). The Kier molecular flexibility index (Phi) is 6.79. The van der Waals surface area contributed by atoms with Gasteiger partial charge >= 0.3 is 12.0 Å². The first kappa shape index (κ1) is 15.3. The number of aliphatic carboxylic acids is 1. The Morgan fingerprint density at radius 1 is 1.26 bits per heavy atom. The molecular weight excluding hydrogens is 260 g/mol. The summed E-state index contributed by atoms with van der Waals surface area (Å²) in [5.74, 6) is -1.91. The summed E-state index contributed by atoms with van der Waals surface area (Å²) >= 11 is 0. The highest BCUT2D eigenvalue weighted by atomic mass is 16.6. The van der Waals surface area contributed by atoms with E-state index in [2.05, 4.69) is 10.1 Å². The quantitative estimate of drug-likeness (QED) is 0.530. The molecule has 0 aliphatic carbocycles. The fourth-order valence-electron chi connectivity index (χ4n) is 1.30. The summed E-state index contributed by atoms with van der Waals surface area (Å²) in [6.45, 7) is 0.508. The number of ether oxygens (including phenoxy) is 3. The highest BCUT2D eigenvalue weighted by Crippen LogP contribution is 1.98. The predicted octanol–water partition coefficient (Wildman–Crippen LogP) is -1.67. The average Bonchev–Trinajstić information content (AvgIpc) is 2.37. The Morgan fingerprint density at radius 2 is 2.05 bits per heavy atom. The third-order valence-electron chi connectivity index (χ3n) is 2.09. The maximum absolute atomic E-state index is 11.3. The van der Waals surface area contributed by atoms with Crippen molar-refractivity contribution in [3.05, 3.63) is 0 Å². The van der Waals surface area contributed by atoms with Crippen molar-refractivity contribution in [3.63, 3.8) is 0 Å². The molecule has 0 bridgehead atoms. The molecule has 1 aliphatic rings. The lowest BCUT2D eigenvalue weighted by molar-refractivity contribution is -0.143. The summed E-state index contributed by atoms with van der Waals surface area (Å²) in [4.78, 5) is 32.5. The lowest BCUT2D eigenvalue weighted by Crippen LogP contribution is -2.46. The van der Waals surface area contributed by atoms with Gasteiger partial charge in [-0.2, -0.15) is 0 Å². The van der Waals surface area contributed by atoms with Crippen LogP contribution in [-0.2, 0) is 23.8 Å². The second-order valence-electron chi connectivity index (χ2n) is 3.71. The number of hydrogen-bond acceptors (Lipinski definition) is 6. The van der Waals surface area contributed by atoms with Crippen LogP contribution in [0.15, 0.2) is 0 Å². The molecule has 1 heterocycles. The molecule has 3 N–H and O–H groups in total.